The monoisotopic (exact) mass is 293 g/mol. The van der Waals surface area contributed by atoms with Gasteiger partial charge >= 0.3 is 0 Å². The molecule has 0 aliphatic heterocycles. The lowest BCUT2D eigenvalue weighted by atomic mass is 9.89. The second-order valence-electron chi connectivity index (χ2n) is 4.93. The van der Waals surface area contributed by atoms with Gasteiger partial charge in [0.2, 0.25) is 0 Å². The van der Waals surface area contributed by atoms with E-state index in [0.29, 0.717) is 6.61 Å². The number of nitro groups is 1. The van der Waals surface area contributed by atoms with Crippen LogP contribution in [0.5, 0.6) is 0 Å². The molecule has 1 aromatic rings. The summed E-state index contributed by atoms with van der Waals surface area (Å²) in [7, 11) is 1.56. The third-order valence-corrected chi connectivity index (χ3v) is 3.57. The van der Waals surface area contributed by atoms with E-state index in [1.807, 2.05) is 6.92 Å². The lowest BCUT2D eigenvalue weighted by molar-refractivity contribution is -0.384. The minimum absolute atomic E-state index is 0.0676. The number of amides is 1. The highest BCUT2D eigenvalue weighted by Gasteiger charge is 2.31. The smallest absolute Gasteiger partial charge is 0.293 e. The molecule has 1 aliphatic carbocycles. The first kappa shape index (κ1) is 15.2. The van der Waals surface area contributed by atoms with Gasteiger partial charge in [-0.25, -0.2) is 0 Å². The van der Waals surface area contributed by atoms with Gasteiger partial charge in [-0.2, -0.15) is 0 Å². The van der Waals surface area contributed by atoms with Gasteiger partial charge in [-0.1, -0.05) is 6.07 Å². The maximum atomic E-state index is 12.3. The predicted molar refractivity (Wildman–Crippen MR) is 78.5 cm³/mol. The van der Waals surface area contributed by atoms with Gasteiger partial charge in [0.25, 0.3) is 11.6 Å². The van der Waals surface area contributed by atoms with Crippen molar-refractivity contribution in [2.75, 3.05) is 19.0 Å². The van der Waals surface area contributed by atoms with E-state index in [0.717, 1.165) is 12.8 Å². The number of nitro benzene ring substituents is 1. The third-order valence-electron chi connectivity index (χ3n) is 3.57. The number of nitrogens with one attached hydrogen (secondary N) is 2. The lowest BCUT2D eigenvalue weighted by Crippen LogP contribution is -2.47. The maximum absolute atomic E-state index is 12.3. The number of para-hydroxylation sites is 1. The molecular formula is C14H19N3O4. The molecule has 0 spiro atoms. The quantitative estimate of drug-likeness (QED) is 0.617. The Morgan fingerprint density at radius 3 is 2.76 bits per heavy atom. The molecule has 1 saturated carbocycles. The average Bonchev–Trinajstić information content (AvgIpc) is 2.43. The summed E-state index contributed by atoms with van der Waals surface area (Å²) in [6.07, 6.45) is 1.77. The summed E-state index contributed by atoms with van der Waals surface area (Å²) in [5.41, 5.74) is 0.415. The molecule has 0 bridgehead atoms. The molecular weight excluding hydrogens is 274 g/mol. The Labute approximate surface area is 122 Å². The molecule has 2 rings (SSSR count). The minimum Gasteiger partial charge on any atom is -0.382 e. The molecule has 0 heterocycles. The number of anilines is 1. The molecule has 0 saturated heterocycles. The molecule has 7 nitrogen and oxygen atoms in total. The summed E-state index contributed by atoms with van der Waals surface area (Å²) >= 11 is 0. The van der Waals surface area contributed by atoms with Gasteiger partial charge in [0.05, 0.1) is 16.6 Å². The van der Waals surface area contributed by atoms with Crippen LogP contribution in [0.3, 0.4) is 0 Å². The summed E-state index contributed by atoms with van der Waals surface area (Å²) in [6, 6.07) is 4.53. The first-order valence-electron chi connectivity index (χ1n) is 6.94. The number of hydrogen-bond donors (Lipinski definition) is 2. The van der Waals surface area contributed by atoms with Crippen molar-refractivity contribution in [2.24, 2.45) is 0 Å². The summed E-state index contributed by atoms with van der Waals surface area (Å²) in [6.45, 7) is 2.61. The topological polar surface area (TPSA) is 93.5 Å². The Bertz CT molecular complexity index is 541. The molecule has 0 atom stereocenters. The van der Waals surface area contributed by atoms with Crippen LogP contribution in [0.1, 0.15) is 30.1 Å². The van der Waals surface area contributed by atoms with Crippen molar-refractivity contribution < 1.29 is 14.5 Å². The standard InChI is InChI=1S/C14H19N3O4/c1-3-21-10-7-9(8-10)16-14(18)11-5-4-6-12(17(19)20)13(11)15-2/h4-6,9-10,15H,3,7-8H2,1-2H3,(H,16,18). The van der Waals surface area contributed by atoms with Crippen LogP contribution in [0.2, 0.25) is 0 Å². The fourth-order valence-electron chi connectivity index (χ4n) is 2.46. The van der Waals surface area contributed by atoms with Crippen molar-refractivity contribution >= 4 is 17.3 Å². The average molecular weight is 293 g/mol. The van der Waals surface area contributed by atoms with E-state index in [2.05, 4.69) is 10.6 Å². The Hall–Kier alpha value is -2.15. The van der Waals surface area contributed by atoms with E-state index in [4.69, 9.17) is 4.74 Å². The first-order valence-corrected chi connectivity index (χ1v) is 6.94. The van der Waals surface area contributed by atoms with Crippen LogP contribution >= 0.6 is 0 Å². The Morgan fingerprint density at radius 2 is 2.19 bits per heavy atom. The number of carbonyl (C=O) groups is 1. The second-order valence-corrected chi connectivity index (χ2v) is 4.93. The number of nitrogens with zero attached hydrogens (tertiary/aromatic N) is 1. The van der Waals surface area contributed by atoms with Gasteiger partial charge in [-0.15, -0.1) is 0 Å². The molecule has 0 radical (unpaired) electrons. The van der Waals surface area contributed by atoms with E-state index < -0.39 is 4.92 Å². The van der Waals surface area contributed by atoms with Crippen LogP contribution in [0.25, 0.3) is 0 Å². The maximum Gasteiger partial charge on any atom is 0.293 e. The Kier molecular flexibility index (Phi) is 4.74. The van der Waals surface area contributed by atoms with E-state index >= 15 is 0 Å². The van der Waals surface area contributed by atoms with Crippen molar-refractivity contribution in [1.82, 2.24) is 5.32 Å². The highest BCUT2D eigenvalue weighted by Crippen LogP contribution is 2.29. The van der Waals surface area contributed by atoms with Gasteiger partial charge in [0, 0.05) is 25.8 Å². The molecule has 114 valence electrons. The van der Waals surface area contributed by atoms with Crippen LogP contribution in [0.4, 0.5) is 11.4 Å². The third kappa shape index (κ3) is 3.30. The van der Waals surface area contributed by atoms with Crippen LogP contribution < -0.4 is 10.6 Å². The summed E-state index contributed by atoms with van der Waals surface area (Å²) in [5, 5.41) is 16.6. The van der Waals surface area contributed by atoms with Crippen molar-refractivity contribution in [3.05, 3.63) is 33.9 Å². The number of rotatable bonds is 6. The van der Waals surface area contributed by atoms with Gasteiger partial charge in [-0.3, -0.25) is 14.9 Å². The normalized spacial score (nSPS) is 20.5. The highest BCUT2D eigenvalue weighted by molar-refractivity contribution is 6.01. The SMILES string of the molecule is CCOC1CC(NC(=O)c2cccc([N+](=O)[O-])c2NC)C1. The molecule has 1 aromatic carbocycles. The van der Waals surface area contributed by atoms with Crippen LogP contribution in [-0.2, 0) is 4.74 Å². The molecule has 1 fully saturated rings. The van der Waals surface area contributed by atoms with E-state index in [9.17, 15) is 14.9 Å². The largest absolute Gasteiger partial charge is 0.382 e. The van der Waals surface area contributed by atoms with Crippen molar-refractivity contribution in [3.8, 4) is 0 Å². The molecule has 21 heavy (non-hydrogen) atoms. The van der Waals surface area contributed by atoms with Gasteiger partial charge in [0.15, 0.2) is 0 Å². The number of carbonyl (C=O) groups excluding carboxylic acids is 1. The van der Waals surface area contributed by atoms with E-state index in [1.54, 1.807) is 13.1 Å². The molecule has 0 unspecified atom stereocenters. The molecule has 2 N–H and O–H groups in total. The number of ether oxygens (including phenoxy) is 1. The Morgan fingerprint density at radius 1 is 1.48 bits per heavy atom. The minimum atomic E-state index is -0.503. The van der Waals surface area contributed by atoms with Gasteiger partial charge < -0.3 is 15.4 Å². The number of benzene rings is 1. The van der Waals surface area contributed by atoms with Crippen molar-refractivity contribution in [2.45, 2.75) is 31.9 Å². The molecule has 0 aromatic heterocycles. The fraction of sp³-hybridized carbons (Fsp3) is 0.500. The zero-order valence-electron chi connectivity index (χ0n) is 12.1. The van der Waals surface area contributed by atoms with Crippen molar-refractivity contribution in [3.63, 3.8) is 0 Å². The summed E-state index contributed by atoms with van der Waals surface area (Å²) in [5.74, 6) is -0.303. The van der Waals surface area contributed by atoms with Crippen LogP contribution in [0.15, 0.2) is 18.2 Å². The zero-order chi connectivity index (χ0) is 15.4. The van der Waals surface area contributed by atoms with E-state index in [1.165, 1.54) is 12.1 Å². The predicted octanol–water partition coefficient (Wildman–Crippen LogP) is 1.93. The lowest BCUT2D eigenvalue weighted by Gasteiger charge is -2.35. The van der Waals surface area contributed by atoms with Crippen LogP contribution in [-0.4, -0.2) is 36.6 Å². The van der Waals surface area contributed by atoms with E-state index in [-0.39, 0.29) is 35.0 Å². The number of hydrogen-bond acceptors (Lipinski definition) is 5. The highest BCUT2D eigenvalue weighted by atomic mass is 16.6. The van der Waals surface area contributed by atoms with Crippen LogP contribution in [0, 0.1) is 10.1 Å². The molecule has 1 aliphatic rings. The van der Waals surface area contributed by atoms with Gasteiger partial charge in [0.1, 0.15) is 5.69 Å². The summed E-state index contributed by atoms with van der Waals surface area (Å²) < 4.78 is 5.44. The molecule has 7 heteroatoms. The van der Waals surface area contributed by atoms with Crippen molar-refractivity contribution in [1.29, 1.82) is 0 Å². The fourth-order valence-corrected chi connectivity index (χ4v) is 2.46. The first-order chi connectivity index (χ1) is 10.1. The summed E-state index contributed by atoms with van der Waals surface area (Å²) in [4.78, 5) is 22.7. The Balaban J connectivity index is 2.06. The van der Waals surface area contributed by atoms with Gasteiger partial charge in [-0.05, 0) is 25.8 Å². The zero-order valence-corrected chi connectivity index (χ0v) is 12.1. The second kappa shape index (κ2) is 6.53. The molecule has 1 amide bonds.